The van der Waals surface area contributed by atoms with Crippen molar-refractivity contribution in [2.75, 3.05) is 7.11 Å². The summed E-state index contributed by atoms with van der Waals surface area (Å²) in [7, 11) is 1.30. The maximum Gasteiger partial charge on any atom is 0.339 e. The smallest absolute Gasteiger partial charge is 0.339 e. The zero-order valence-electron chi connectivity index (χ0n) is 8.90. The number of hydrogen-bond acceptors (Lipinski definition) is 4. The molecule has 0 saturated heterocycles. The highest BCUT2D eigenvalue weighted by atomic mass is 16.5. The van der Waals surface area contributed by atoms with Crippen molar-refractivity contribution in [1.29, 1.82) is 0 Å². The van der Waals surface area contributed by atoms with E-state index in [4.69, 9.17) is 0 Å². The van der Waals surface area contributed by atoms with E-state index >= 15 is 0 Å². The summed E-state index contributed by atoms with van der Waals surface area (Å²) in [6.07, 6.45) is 1.42. The van der Waals surface area contributed by atoms with Crippen LogP contribution in [0, 0.1) is 6.92 Å². The molecule has 0 spiro atoms. The number of H-pyrrole nitrogens is 1. The fourth-order valence-corrected chi connectivity index (χ4v) is 1.41. The van der Waals surface area contributed by atoms with E-state index < -0.39 is 5.97 Å². The molecule has 2 heterocycles. The highest BCUT2D eigenvalue weighted by molar-refractivity contribution is 5.92. The minimum atomic E-state index is -0.476. The van der Waals surface area contributed by atoms with Gasteiger partial charge in [0.1, 0.15) is 0 Å². The van der Waals surface area contributed by atoms with Gasteiger partial charge in [-0.1, -0.05) is 0 Å². The number of hydrogen-bond donors (Lipinski definition) is 1. The molecule has 0 aliphatic rings. The van der Waals surface area contributed by atoms with Gasteiger partial charge >= 0.3 is 5.97 Å². The van der Waals surface area contributed by atoms with Crippen LogP contribution in [-0.2, 0) is 4.74 Å². The molecule has 16 heavy (non-hydrogen) atoms. The number of carbonyl (C=O) groups excluding carboxylic acids is 1. The van der Waals surface area contributed by atoms with Crippen LogP contribution in [0.5, 0.6) is 0 Å². The summed E-state index contributed by atoms with van der Waals surface area (Å²) in [5.74, 6) is -0.476. The first kappa shape index (κ1) is 10.4. The molecular weight excluding hydrogens is 208 g/mol. The Hall–Kier alpha value is -2.17. The molecule has 0 saturated carbocycles. The lowest BCUT2D eigenvalue weighted by molar-refractivity contribution is 0.0600. The third-order valence-corrected chi connectivity index (χ3v) is 2.30. The molecule has 2 aromatic heterocycles. The highest BCUT2D eigenvalue weighted by Gasteiger charge is 2.07. The molecule has 2 rings (SSSR count). The first-order chi connectivity index (χ1) is 7.61. The molecule has 0 bridgehead atoms. The lowest BCUT2D eigenvalue weighted by Crippen LogP contribution is -2.10. The van der Waals surface area contributed by atoms with E-state index in [0.717, 1.165) is 0 Å². The van der Waals surface area contributed by atoms with E-state index in [9.17, 15) is 9.59 Å². The van der Waals surface area contributed by atoms with Crippen molar-refractivity contribution in [2.24, 2.45) is 0 Å². The Labute approximate surface area is 91.1 Å². The number of ether oxygens (including phenoxy) is 1. The number of aromatic amines is 1. The van der Waals surface area contributed by atoms with E-state index in [1.807, 2.05) is 0 Å². The molecule has 82 valence electrons. The highest BCUT2D eigenvalue weighted by Crippen LogP contribution is 2.10. The Morgan fingerprint density at radius 2 is 2.19 bits per heavy atom. The van der Waals surface area contributed by atoms with Gasteiger partial charge in [0, 0.05) is 11.8 Å². The van der Waals surface area contributed by atoms with Crippen LogP contribution >= 0.6 is 0 Å². The number of fused-ring (bicyclic) bond motifs is 1. The predicted molar refractivity (Wildman–Crippen MR) is 58.4 cm³/mol. The van der Waals surface area contributed by atoms with Gasteiger partial charge in [-0.2, -0.15) is 0 Å². The van der Waals surface area contributed by atoms with Gasteiger partial charge in [-0.15, -0.1) is 0 Å². The topological polar surface area (TPSA) is 72.0 Å². The van der Waals surface area contributed by atoms with E-state index in [2.05, 4.69) is 14.7 Å². The van der Waals surface area contributed by atoms with Gasteiger partial charge in [0.05, 0.1) is 23.7 Å². The van der Waals surface area contributed by atoms with Crippen molar-refractivity contribution in [3.8, 4) is 0 Å². The SMILES string of the molecule is COC(=O)c1cnc2cc(C)c(=O)[nH]c2c1. The van der Waals surface area contributed by atoms with Crippen LogP contribution in [0.2, 0.25) is 0 Å². The molecule has 0 aliphatic heterocycles. The van der Waals surface area contributed by atoms with Gasteiger partial charge in [0.15, 0.2) is 0 Å². The van der Waals surface area contributed by atoms with Crippen molar-refractivity contribution >= 4 is 17.0 Å². The molecular formula is C11H10N2O3. The first-order valence-corrected chi connectivity index (χ1v) is 4.70. The average molecular weight is 218 g/mol. The van der Waals surface area contributed by atoms with Gasteiger partial charge in [-0.05, 0) is 19.1 Å². The van der Waals surface area contributed by atoms with Crippen LogP contribution in [0.4, 0.5) is 0 Å². The lowest BCUT2D eigenvalue weighted by Gasteiger charge is -2.01. The van der Waals surface area contributed by atoms with Crippen molar-refractivity contribution in [3.63, 3.8) is 0 Å². The van der Waals surface area contributed by atoms with E-state index in [1.54, 1.807) is 19.1 Å². The summed E-state index contributed by atoms with van der Waals surface area (Å²) >= 11 is 0. The normalized spacial score (nSPS) is 10.4. The van der Waals surface area contributed by atoms with Crippen molar-refractivity contribution < 1.29 is 9.53 Å². The number of aromatic nitrogens is 2. The second-order valence-electron chi connectivity index (χ2n) is 3.43. The van der Waals surface area contributed by atoms with Crippen LogP contribution in [0.3, 0.4) is 0 Å². The number of nitrogens with one attached hydrogen (secondary N) is 1. The fourth-order valence-electron chi connectivity index (χ4n) is 1.41. The molecule has 0 aromatic carbocycles. The Bertz CT molecular complexity index is 616. The monoisotopic (exact) mass is 218 g/mol. The van der Waals surface area contributed by atoms with Crippen molar-refractivity contribution in [2.45, 2.75) is 6.92 Å². The van der Waals surface area contributed by atoms with Gasteiger partial charge in [-0.3, -0.25) is 9.78 Å². The minimum Gasteiger partial charge on any atom is -0.465 e. The predicted octanol–water partition coefficient (Wildman–Crippen LogP) is 1.02. The number of nitrogens with zero attached hydrogens (tertiary/aromatic N) is 1. The molecule has 5 heteroatoms. The second-order valence-corrected chi connectivity index (χ2v) is 3.43. The van der Waals surface area contributed by atoms with Gasteiger partial charge in [-0.25, -0.2) is 4.79 Å². The van der Waals surface area contributed by atoms with Crippen LogP contribution in [0.15, 0.2) is 23.1 Å². The Morgan fingerprint density at radius 3 is 2.88 bits per heavy atom. The standard InChI is InChI=1S/C11H10N2O3/c1-6-3-8-9(13-10(6)14)4-7(5-12-8)11(15)16-2/h3-5H,1-2H3,(H,13,14). The molecule has 0 atom stereocenters. The second kappa shape index (κ2) is 3.77. The van der Waals surface area contributed by atoms with Crippen molar-refractivity contribution in [3.05, 3.63) is 39.8 Å². The molecule has 5 nitrogen and oxygen atoms in total. The molecule has 1 N–H and O–H groups in total. The zero-order chi connectivity index (χ0) is 11.7. The summed E-state index contributed by atoms with van der Waals surface area (Å²) in [6.45, 7) is 1.70. The molecule has 0 amide bonds. The number of pyridine rings is 2. The number of aryl methyl sites for hydroxylation is 1. The van der Waals surface area contributed by atoms with Gasteiger partial charge in [0.2, 0.25) is 0 Å². The van der Waals surface area contributed by atoms with Crippen LogP contribution in [0.1, 0.15) is 15.9 Å². The number of esters is 1. The maximum atomic E-state index is 11.4. The van der Waals surface area contributed by atoms with Gasteiger partial charge in [0.25, 0.3) is 5.56 Å². The number of carbonyl (C=O) groups is 1. The average Bonchev–Trinajstić information content (AvgIpc) is 2.29. The van der Waals surface area contributed by atoms with Crippen LogP contribution in [0.25, 0.3) is 11.0 Å². The number of methoxy groups -OCH3 is 1. The third-order valence-electron chi connectivity index (χ3n) is 2.30. The summed E-state index contributed by atoms with van der Waals surface area (Å²) in [6, 6.07) is 3.23. The van der Waals surface area contributed by atoms with E-state index in [0.29, 0.717) is 22.2 Å². The Morgan fingerprint density at radius 1 is 1.44 bits per heavy atom. The molecule has 0 unspecified atom stereocenters. The van der Waals surface area contributed by atoms with Crippen molar-refractivity contribution in [1.82, 2.24) is 9.97 Å². The molecule has 0 fully saturated rings. The third kappa shape index (κ3) is 1.67. The lowest BCUT2D eigenvalue weighted by atomic mass is 10.2. The Balaban J connectivity index is 2.67. The zero-order valence-corrected chi connectivity index (χ0v) is 8.90. The maximum absolute atomic E-state index is 11.4. The first-order valence-electron chi connectivity index (χ1n) is 4.70. The largest absolute Gasteiger partial charge is 0.465 e. The summed E-state index contributed by atoms with van der Waals surface area (Å²) in [5.41, 5.74) is 1.89. The van der Waals surface area contributed by atoms with E-state index in [1.165, 1.54) is 13.3 Å². The summed E-state index contributed by atoms with van der Waals surface area (Å²) in [4.78, 5) is 29.4. The Kier molecular flexibility index (Phi) is 2.44. The fraction of sp³-hybridized carbons (Fsp3) is 0.182. The number of rotatable bonds is 1. The van der Waals surface area contributed by atoms with Crippen LogP contribution < -0.4 is 5.56 Å². The minimum absolute atomic E-state index is 0.184. The summed E-state index contributed by atoms with van der Waals surface area (Å²) in [5, 5.41) is 0. The molecule has 0 aliphatic carbocycles. The molecule has 0 radical (unpaired) electrons. The summed E-state index contributed by atoms with van der Waals surface area (Å²) < 4.78 is 4.57. The van der Waals surface area contributed by atoms with Gasteiger partial charge < -0.3 is 9.72 Å². The van der Waals surface area contributed by atoms with Crippen LogP contribution in [-0.4, -0.2) is 23.0 Å². The van der Waals surface area contributed by atoms with E-state index in [-0.39, 0.29) is 5.56 Å². The molecule has 2 aromatic rings. The quantitative estimate of drug-likeness (QED) is 0.725.